The zero-order valence-corrected chi connectivity index (χ0v) is 16.9. The molecule has 0 atom stereocenters. The van der Waals surface area contributed by atoms with Gasteiger partial charge in [-0.3, -0.25) is 4.79 Å². The summed E-state index contributed by atoms with van der Waals surface area (Å²) < 4.78 is 38.5. The number of nitrogens with one attached hydrogen (secondary N) is 1. The fourth-order valence-electron chi connectivity index (χ4n) is 2.22. The van der Waals surface area contributed by atoms with Crippen LogP contribution in [0.3, 0.4) is 0 Å². The monoisotopic (exact) mass is 427 g/mol. The lowest BCUT2D eigenvalue weighted by Crippen LogP contribution is -2.21. The first-order valence-electron chi connectivity index (χ1n) is 7.84. The highest BCUT2D eigenvalue weighted by Gasteiger charge is 2.18. The highest BCUT2D eigenvalue weighted by molar-refractivity contribution is 7.90. The van der Waals surface area contributed by atoms with Gasteiger partial charge in [0, 0.05) is 12.3 Å². The van der Waals surface area contributed by atoms with Crippen LogP contribution in [0.15, 0.2) is 41.3 Å². The van der Waals surface area contributed by atoms with Crippen molar-refractivity contribution in [2.45, 2.75) is 4.90 Å². The van der Waals surface area contributed by atoms with Crippen LogP contribution in [-0.2, 0) is 19.4 Å². The predicted octanol–water partition coefficient (Wildman–Crippen LogP) is 2.56. The summed E-state index contributed by atoms with van der Waals surface area (Å²) in [6.07, 6.45) is 0.971. The maximum Gasteiger partial charge on any atom is 0.338 e. The van der Waals surface area contributed by atoms with E-state index < -0.39 is 28.3 Å². The summed E-state index contributed by atoms with van der Waals surface area (Å²) in [5.41, 5.74) is 0.329. The third-order valence-corrected chi connectivity index (χ3v) is 5.16. The second kappa shape index (κ2) is 8.94. The lowest BCUT2D eigenvalue weighted by atomic mass is 10.2. The summed E-state index contributed by atoms with van der Waals surface area (Å²) in [6, 6.07) is 8.48. The predicted molar refractivity (Wildman–Crippen MR) is 103 cm³/mol. The lowest BCUT2D eigenvalue weighted by Gasteiger charge is -2.12. The third-order valence-electron chi connectivity index (χ3n) is 3.58. The zero-order valence-electron chi connectivity index (χ0n) is 15.3. The van der Waals surface area contributed by atoms with E-state index in [4.69, 9.17) is 25.8 Å². The topological polar surface area (TPSA) is 108 Å². The number of esters is 1. The van der Waals surface area contributed by atoms with E-state index in [-0.39, 0.29) is 15.5 Å². The van der Waals surface area contributed by atoms with Gasteiger partial charge >= 0.3 is 5.97 Å². The minimum atomic E-state index is -3.62. The molecule has 0 aliphatic heterocycles. The van der Waals surface area contributed by atoms with Crippen LogP contribution in [0, 0.1) is 0 Å². The highest BCUT2D eigenvalue weighted by Crippen LogP contribution is 2.29. The Kier molecular flexibility index (Phi) is 6.87. The summed E-state index contributed by atoms with van der Waals surface area (Å²) in [5.74, 6) is -0.548. The molecular weight excluding hydrogens is 410 g/mol. The fourth-order valence-corrected chi connectivity index (χ4v) is 3.52. The first-order chi connectivity index (χ1) is 13.2. The number of carbonyl (C=O) groups excluding carboxylic acids is 2. The summed E-state index contributed by atoms with van der Waals surface area (Å²) in [5, 5.41) is 2.54. The molecule has 0 radical (unpaired) electrons. The van der Waals surface area contributed by atoms with E-state index in [9.17, 15) is 18.0 Å². The van der Waals surface area contributed by atoms with Crippen LogP contribution in [-0.4, -0.2) is 47.4 Å². The molecule has 0 fully saturated rings. The molecule has 2 rings (SSSR count). The van der Waals surface area contributed by atoms with Gasteiger partial charge in [0.15, 0.2) is 16.4 Å². The summed E-state index contributed by atoms with van der Waals surface area (Å²) >= 11 is 5.84. The average Bonchev–Trinajstić information content (AvgIpc) is 2.65. The Labute approximate surface area is 167 Å². The molecule has 0 heterocycles. The van der Waals surface area contributed by atoms with Crippen LogP contribution in [0.25, 0.3) is 0 Å². The number of hydrogen-bond acceptors (Lipinski definition) is 7. The van der Waals surface area contributed by atoms with Crippen LogP contribution in [0.2, 0.25) is 5.02 Å². The molecule has 1 N–H and O–H groups in total. The molecule has 0 aliphatic rings. The van der Waals surface area contributed by atoms with Gasteiger partial charge in [-0.15, -0.1) is 0 Å². The fraction of sp³-hybridized carbons (Fsp3) is 0.222. The highest BCUT2D eigenvalue weighted by atomic mass is 35.5. The van der Waals surface area contributed by atoms with Crippen LogP contribution in [0.4, 0.5) is 5.69 Å². The maximum absolute atomic E-state index is 12.1. The van der Waals surface area contributed by atoms with Gasteiger partial charge in [0.25, 0.3) is 5.91 Å². The number of rotatable bonds is 7. The molecule has 0 aliphatic carbocycles. The number of anilines is 1. The zero-order chi connectivity index (χ0) is 20.9. The Morgan fingerprint density at radius 1 is 1.07 bits per heavy atom. The van der Waals surface area contributed by atoms with Crippen molar-refractivity contribution in [1.82, 2.24) is 0 Å². The molecule has 0 aromatic heterocycles. The van der Waals surface area contributed by atoms with Gasteiger partial charge in [0.2, 0.25) is 0 Å². The Morgan fingerprint density at radius 3 is 2.39 bits per heavy atom. The third kappa shape index (κ3) is 5.37. The Bertz CT molecular complexity index is 1000. The Morgan fingerprint density at radius 2 is 1.79 bits per heavy atom. The first kappa shape index (κ1) is 21.5. The van der Waals surface area contributed by atoms with Crippen LogP contribution >= 0.6 is 11.6 Å². The van der Waals surface area contributed by atoms with Crippen molar-refractivity contribution < 1.29 is 32.2 Å². The number of hydrogen-bond donors (Lipinski definition) is 1. The van der Waals surface area contributed by atoms with Crippen molar-refractivity contribution >= 4 is 39.0 Å². The van der Waals surface area contributed by atoms with Crippen LogP contribution in [0.5, 0.6) is 11.5 Å². The number of halogens is 1. The molecular formula is C18H18ClNO7S. The molecule has 10 heteroatoms. The molecule has 0 unspecified atom stereocenters. The summed E-state index contributed by atoms with van der Waals surface area (Å²) in [7, 11) is -0.685. The molecule has 8 nitrogen and oxygen atoms in total. The van der Waals surface area contributed by atoms with Crippen molar-refractivity contribution in [3.05, 3.63) is 47.0 Å². The summed E-state index contributed by atoms with van der Waals surface area (Å²) in [6.45, 7) is -0.579. The quantitative estimate of drug-likeness (QED) is 0.676. The van der Waals surface area contributed by atoms with Crippen LogP contribution in [0.1, 0.15) is 10.4 Å². The number of sulfone groups is 1. The van der Waals surface area contributed by atoms with Gasteiger partial charge in [-0.1, -0.05) is 11.6 Å². The minimum Gasteiger partial charge on any atom is -0.497 e. The van der Waals surface area contributed by atoms with Crippen molar-refractivity contribution in [2.75, 3.05) is 32.4 Å². The number of amides is 1. The maximum atomic E-state index is 12.1. The Balaban J connectivity index is 2.04. The van der Waals surface area contributed by atoms with E-state index >= 15 is 0 Å². The lowest BCUT2D eigenvalue weighted by molar-refractivity contribution is -0.119. The van der Waals surface area contributed by atoms with Gasteiger partial charge in [0.05, 0.1) is 35.4 Å². The second-order valence-electron chi connectivity index (χ2n) is 5.61. The van der Waals surface area contributed by atoms with E-state index in [2.05, 4.69) is 5.32 Å². The first-order valence-corrected chi connectivity index (χ1v) is 10.1. The van der Waals surface area contributed by atoms with E-state index in [1.807, 2.05) is 0 Å². The van der Waals surface area contributed by atoms with E-state index in [0.717, 1.165) is 12.3 Å². The largest absolute Gasteiger partial charge is 0.497 e. The van der Waals surface area contributed by atoms with Crippen molar-refractivity contribution in [3.63, 3.8) is 0 Å². The molecule has 2 aromatic carbocycles. The van der Waals surface area contributed by atoms with Gasteiger partial charge in [0.1, 0.15) is 11.5 Å². The number of ether oxygens (including phenoxy) is 3. The molecule has 150 valence electrons. The normalized spacial score (nSPS) is 10.9. The molecule has 0 spiro atoms. The van der Waals surface area contributed by atoms with E-state index in [1.165, 1.54) is 26.4 Å². The van der Waals surface area contributed by atoms with Gasteiger partial charge in [-0.25, -0.2) is 13.2 Å². The van der Waals surface area contributed by atoms with Gasteiger partial charge < -0.3 is 19.5 Å². The van der Waals surface area contributed by atoms with Crippen molar-refractivity contribution in [2.24, 2.45) is 0 Å². The smallest absolute Gasteiger partial charge is 0.338 e. The Hall–Kier alpha value is -2.78. The molecule has 2 aromatic rings. The number of benzene rings is 2. The SMILES string of the molecule is COc1ccc(NC(=O)COC(=O)c2ccc(Cl)c(S(C)(=O)=O)c2)c(OC)c1. The molecule has 1 amide bonds. The van der Waals surface area contributed by atoms with Crippen molar-refractivity contribution in [3.8, 4) is 11.5 Å². The van der Waals surface area contributed by atoms with Crippen LogP contribution < -0.4 is 14.8 Å². The number of methoxy groups -OCH3 is 2. The number of carbonyl (C=O) groups is 2. The molecule has 0 saturated heterocycles. The molecule has 28 heavy (non-hydrogen) atoms. The standard InChI is InChI=1S/C18H18ClNO7S/c1-25-12-5-7-14(15(9-12)26-2)20-17(21)10-27-18(22)11-4-6-13(19)16(8-11)28(3,23)24/h4-9H,10H2,1-3H3,(H,20,21). The minimum absolute atomic E-state index is 0.0107. The van der Waals surface area contributed by atoms with Gasteiger partial charge in [-0.05, 0) is 30.3 Å². The van der Waals surface area contributed by atoms with E-state index in [1.54, 1.807) is 18.2 Å². The van der Waals surface area contributed by atoms with E-state index in [0.29, 0.717) is 17.2 Å². The second-order valence-corrected chi connectivity index (χ2v) is 8.00. The average molecular weight is 428 g/mol. The van der Waals surface area contributed by atoms with Gasteiger partial charge in [-0.2, -0.15) is 0 Å². The van der Waals surface area contributed by atoms with Crippen molar-refractivity contribution in [1.29, 1.82) is 0 Å². The molecule has 0 saturated carbocycles. The summed E-state index contributed by atoms with van der Waals surface area (Å²) in [4.78, 5) is 24.0. The molecule has 0 bridgehead atoms.